The van der Waals surface area contributed by atoms with Crippen LogP contribution in [0.1, 0.15) is 43.2 Å². The van der Waals surface area contributed by atoms with Crippen LogP contribution in [0.25, 0.3) is 10.9 Å². The lowest BCUT2D eigenvalue weighted by Crippen LogP contribution is -2.54. The first kappa shape index (κ1) is 31.0. The molecule has 0 bridgehead atoms. The van der Waals surface area contributed by atoms with Crippen LogP contribution in [0.5, 0.6) is 5.75 Å². The van der Waals surface area contributed by atoms with Gasteiger partial charge in [0.15, 0.2) is 0 Å². The molecule has 0 saturated carbocycles. The molecule has 42 heavy (non-hydrogen) atoms. The molecule has 226 valence electrons. The summed E-state index contributed by atoms with van der Waals surface area (Å²) in [6.45, 7) is 6.07. The number of nitrogens with zero attached hydrogens (tertiary/aromatic N) is 2. The fraction of sp³-hybridized carbons (Fsp3) is 0.452. The maximum Gasteiger partial charge on any atom is 0.406 e. The van der Waals surface area contributed by atoms with Crippen LogP contribution in [0.4, 0.5) is 28.9 Å². The van der Waals surface area contributed by atoms with Crippen LogP contribution in [0.2, 0.25) is 0 Å². The lowest BCUT2D eigenvalue weighted by molar-refractivity contribution is -0.140. The van der Waals surface area contributed by atoms with Crippen LogP contribution in [0.15, 0.2) is 42.5 Å². The number of methoxy groups -OCH3 is 1. The molecular formula is C31H37F4N5O2. The summed E-state index contributed by atoms with van der Waals surface area (Å²) in [5.41, 5.74) is 1.99. The predicted molar refractivity (Wildman–Crippen MR) is 158 cm³/mol. The second-order valence-corrected chi connectivity index (χ2v) is 11.3. The maximum atomic E-state index is 15.2. The van der Waals surface area contributed by atoms with E-state index < -0.39 is 24.9 Å². The average Bonchev–Trinajstić information content (AvgIpc) is 3.27. The summed E-state index contributed by atoms with van der Waals surface area (Å²) >= 11 is 0. The Balaban J connectivity index is 1.58. The molecule has 4 rings (SSSR count). The third-order valence-electron chi connectivity index (χ3n) is 7.39. The molecule has 11 heteroatoms. The van der Waals surface area contributed by atoms with Gasteiger partial charge in [-0.25, -0.2) is 4.39 Å². The second-order valence-electron chi connectivity index (χ2n) is 11.3. The zero-order valence-electron chi connectivity index (χ0n) is 24.5. The number of piperidine rings is 1. The van der Waals surface area contributed by atoms with Gasteiger partial charge >= 0.3 is 6.18 Å². The molecule has 0 aliphatic carbocycles. The molecule has 3 N–H and O–H groups in total. The molecule has 1 fully saturated rings. The number of alkyl halides is 4. The minimum Gasteiger partial charge on any atom is -0.495 e. The zero-order chi connectivity index (χ0) is 30.7. The van der Waals surface area contributed by atoms with Gasteiger partial charge in [0.05, 0.1) is 36.6 Å². The molecule has 1 aliphatic rings. The summed E-state index contributed by atoms with van der Waals surface area (Å²) in [5.74, 6) is 5.93. The molecule has 2 aromatic carbocycles. The van der Waals surface area contributed by atoms with E-state index in [-0.39, 0.29) is 30.2 Å². The van der Waals surface area contributed by atoms with Gasteiger partial charge < -0.3 is 25.3 Å². The quantitative estimate of drug-likeness (QED) is 0.246. The van der Waals surface area contributed by atoms with Crippen LogP contribution in [-0.2, 0) is 6.54 Å². The van der Waals surface area contributed by atoms with Crippen LogP contribution < -0.4 is 20.7 Å². The first-order valence-corrected chi connectivity index (χ1v) is 13.8. The summed E-state index contributed by atoms with van der Waals surface area (Å²) in [6, 6.07) is 11.1. The molecule has 1 saturated heterocycles. The molecule has 1 aliphatic heterocycles. The summed E-state index contributed by atoms with van der Waals surface area (Å²) in [4.78, 5) is 14.0. The van der Waals surface area contributed by atoms with E-state index >= 15 is 4.39 Å². The van der Waals surface area contributed by atoms with E-state index in [0.29, 0.717) is 40.0 Å². The van der Waals surface area contributed by atoms with Crippen LogP contribution in [-0.4, -0.2) is 73.1 Å². The SMILES string of the molecule is CNC(=O)c1ccc(NCC#Cc2cc3c(N[C@@H]4CCN(C(C)(C)C)C[C@@H]4F)cccc3n2CC(F)(F)F)c(OC)c1. The van der Waals surface area contributed by atoms with Gasteiger partial charge in [0.1, 0.15) is 18.5 Å². The molecule has 1 aromatic heterocycles. The maximum absolute atomic E-state index is 15.2. The second kappa shape index (κ2) is 12.5. The van der Waals surface area contributed by atoms with Gasteiger partial charge in [0.2, 0.25) is 0 Å². The number of halogens is 4. The number of amides is 1. The number of nitrogens with one attached hydrogen (secondary N) is 3. The number of likely N-dealkylation sites (tertiary alicyclic amines) is 1. The number of anilines is 2. The van der Waals surface area contributed by atoms with Gasteiger partial charge in [0.25, 0.3) is 5.91 Å². The Labute approximate surface area is 243 Å². The molecule has 7 nitrogen and oxygen atoms in total. The molecule has 2 heterocycles. The van der Waals surface area contributed by atoms with Gasteiger partial charge in [-0.15, -0.1) is 0 Å². The Bertz CT molecular complexity index is 1480. The summed E-state index contributed by atoms with van der Waals surface area (Å²) in [7, 11) is 3.00. The van der Waals surface area contributed by atoms with Crippen molar-refractivity contribution in [3.63, 3.8) is 0 Å². The standard InChI is InChI=1S/C31H37F4N5O2/c1-30(2,3)39-15-13-25(23(32)18-39)38-24-9-6-10-27-22(24)17-21(40(27)19-31(33,34)35)8-7-14-37-26-12-11-20(29(41)36-4)16-28(26)42-5/h6,9-12,16-17,23,25,37-38H,13-15,18-19H2,1-5H3,(H,36,41)/t23-,25+/m0/s1. The number of rotatable bonds is 7. The third kappa shape index (κ3) is 7.29. The van der Waals surface area contributed by atoms with E-state index in [1.165, 1.54) is 14.2 Å². The smallest absolute Gasteiger partial charge is 0.406 e. The van der Waals surface area contributed by atoms with Gasteiger partial charge in [0, 0.05) is 42.3 Å². The Morgan fingerprint density at radius 3 is 2.52 bits per heavy atom. The van der Waals surface area contributed by atoms with E-state index in [1.54, 1.807) is 42.5 Å². The first-order valence-electron chi connectivity index (χ1n) is 13.8. The highest BCUT2D eigenvalue weighted by atomic mass is 19.4. The van der Waals surface area contributed by atoms with Crippen LogP contribution in [0.3, 0.4) is 0 Å². The van der Waals surface area contributed by atoms with Crippen molar-refractivity contribution in [2.45, 2.75) is 57.7 Å². The Hall–Kier alpha value is -3.91. The van der Waals surface area contributed by atoms with Gasteiger partial charge in [-0.05, 0) is 69.5 Å². The molecule has 2 atom stereocenters. The summed E-state index contributed by atoms with van der Waals surface area (Å²) < 4.78 is 62.5. The van der Waals surface area contributed by atoms with E-state index in [2.05, 4.69) is 53.5 Å². The third-order valence-corrected chi connectivity index (χ3v) is 7.39. The molecule has 0 radical (unpaired) electrons. The van der Waals surface area contributed by atoms with Crippen LogP contribution in [0, 0.1) is 11.8 Å². The lowest BCUT2D eigenvalue weighted by atomic mass is 9.96. The minimum absolute atomic E-state index is 0.115. The van der Waals surface area contributed by atoms with Crippen molar-refractivity contribution in [1.29, 1.82) is 0 Å². The van der Waals surface area contributed by atoms with E-state index in [0.717, 1.165) is 11.1 Å². The molecule has 1 amide bonds. The highest BCUT2D eigenvalue weighted by molar-refractivity contribution is 5.95. The fourth-order valence-corrected chi connectivity index (χ4v) is 5.14. The van der Waals surface area contributed by atoms with Crippen molar-refractivity contribution < 1.29 is 27.1 Å². The van der Waals surface area contributed by atoms with E-state index in [9.17, 15) is 18.0 Å². The largest absolute Gasteiger partial charge is 0.495 e. The number of benzene rings is 2. The van der Waals surface area contributed by atoms with Crippen molar-refractivity contribution in [3.05, 3.63) is 53.7 Å². The summed E-state index contributed by atoms with van der Waals surface area (Å²) in [6.07, 6.45) is -5.02. The fourth-order valence-electron chi connectivity index (χ4n) is 5.14. The highest BCUT2D eigenvalue weighted by Crippen LogP contribution is 2.32. The number of hydrogen-bond acceptors (Lipinski definition) is 5. The normalized spacial score (nSPS) is 17.8. The van der Waals surface area contributed by atoms with Crippen molar-refractivity contribution in [1.82, 2.24) is 14.8 Å². The van der Waals surface area contributed by atoms with Crippen molar-refractivity contribution in [2.24, 2.45) is 0 Å². The van der Waals surface area contributed by atoms with Gasteiger partial charge in [-0.2, -0.15) is 13.2 Å². The molecule has 0 unspecified atom stereocenters. The number of carbonyl (C=O) groups is 1. The molecule has 3 aromatic rings. The zero-order valence-corrected chi connectivity index (χ0v) is 24.5. The lowest BCUT2D eigenvalue weighted by Gasteiger charge is -2.42. The van der Waals surface area contributed by atoms with E-state index in [4.69, 9.17) is 4.74 Å². The average molecular weight is 588 g/mol. The highest BCUT2D eigenvalue weighted by Gasteiger charge is 2.34. The number of fused-ring (bicyclic) bond motifs is 1. The Morgan fingerprint density at radius 1 is 1.12 bits per heavy atom. The van der Waals surface area contributed by atoms with Crippen LogP contribution >= 0.6 is 0 Å². The van der Waals surface area contributed by atoms with Crippen molar-refractivity contribution in [3.8, 4) is 17.6 Å². The van der Waals surface area contributed by atoms with Crippen molar-refractivity contribution in [2.75, 3.05) is 44.4 Å². The number of aromatic nitrogens is 1. The van der Waals surface area contributed by atoms with Crippen molar-refractivity contribution >= 4 is 28.2 Å². The minimum atomic E-state index is -4.46. The molecular weight excluding hydrogens is 550 g/mol. The predicted octanol–water partition coefficient (Wildman–Crippen LogP) is 5.66. The Kier molecular flexibility index (Phi) is 9.26. The number of carbonyl (C=O) groups excluding carboxylic acids is 1. The number of hydrogen-bond donors (Lipinski definition) is 3. The number of ether oxygens (including phenoxy) is 1. The topological polar surface area (TPSA) is 70.6 Å². The van der Waals surface area contributed by atoms with Gasteiger partial charge in [-0.3, -0.25) is 9.69 Å². The first-order chi connectivity index (χ1) is 19.8. The monoisotopic (exact) mass is 587 g/mol. The van der Waals surface area contributed by atoms with E-state index in [1.807, 2.05) is 0 Å². The molecule has 0 spiro atoms. The Morgan fingerprint density at radius 2 is 1.88 bits per heavy atom. The van der Waals surface area contributed by atoms with Gasteiger partial charge in [-0.1, -0.05) is 12.0 Å². The summed E-state index contributed by atoms with van der Waals surface area (Å²) in [5, 5.41) is 9.45.